The normalized spacial score (nSPS) is 11.1. The maximum absolute atomic E-state index is 12.1. The number of hydrogen-bond acceptors (Lipinski definition) is 4. The van der Waals surface area contributed by atoms with Crippen molar-refractivity contribution in [3.05, 3.63) is 59.6 Å². The van der Waals surface area contributed by atoms with Crippen LogP contribution >= 0.6 is 11.6 Å². The Balaban J connectivity index is 1.66. The van der Waals surface area contributed by atoms with Gasteiger partial charge in [-0.3, -0.25) is 4.79 Å². The Morgan fingerprint density at radius 3 is 2.52 bits per heavy atom. The van der Waals surface area contributed by atoms with Crippen LogP contribution in [0.5, 0.6) is 5.75 Å². The van der Waals surface area contributed by atoms with Gasteiger partial charge in [0.15, 0.2) is 0 Å². The fraction of sp³-hybridized carbons (Fsp3) is 0.235. The molecule has 1 amide bonds. The summed E-state index contributed by atoms with van der Waals surface area (Å²) in [5.74, 6) is 0.469. The van der Waals surface area contributed by atoms with Crippen molar-refractivity contribution >= 4 is 27.5 Å². The Hall–Kier alpha value is -2.09. The number of sulfonamides is 1. The Labute approximate surface area is 152 Å². The molecule has 0 saturated heterocycles. The van der Waals surface area contributed by atoms with Crippen molar-refractivity contribution in [3.8, 4) is 5.75 Å². The van der Waals surface area contributed by atoms with Crippen LogP contribution in [0.4, 0.5) is 0 Å². The van der Waals surface area contributed by atoms with E-state index in [0.29, 0.717) is 18.2 Å². The van der Waals surface area contributed by atoms with Gasteiger partial charge in [0.2, 0.25) is 15.9 Å². The van der Waals surface area contributed by atoms with Gasteiger partial charge in [-0.05, 0) is 30.3 Å². The number of amides is 1. The highest BCUT2D eigenvalue weighted by atomic mass is 35.5. The molecule has 2 aromatic carbocycles. The second-order valence-electron chi connectivity index (χ2n) is 5.12. The van der Waals surface area contributed by atoms with Crippen molar-refractivity contribution in [2.24, 2.45) is 0 Å². The molecule has 8 heteroatoms. The molecule has 0 atom stereocenters. The molecule has 0 spiro atoms. The number of benzene rings is 2. The number of nitrogens with one attached hydrogen (secondary N) is 2. The molecule has 0 aromatic heterocycles. The number of para-hydroxylation sites is 1. The Bertz CT molecular complexity index is 797. The van der Waals surface area contributed by atoms with Gasteiger partial charge < -0.3 is 10.1 Å². The minimum atomic E-state index is -3.68. The second kappa shape index (κ2) is 9.41. The molecule has 0 radical (unpaired) electrons. The topological polar surface area (TPSA) is 84.5 Å². The molecule has 0 fully saturated rings. The summed E-state index contributed by atoms with van der Waals surface area (Å²) >= 11 is 5.78. The predicted octanol–water partition coefficient (Wildman–Crippen LogP) is 2.20. The van der Waals surface area contributed by atoms with E-state index in [9.17, 15) is 13.2 Å². The monoisotopic (exact) mass is 382 g/mol. The lowest BCUT2D eigenvalue weighted by molar-refractivity contribution is -0.121. The molecular formula is C17H19ClN2O4S. The predicted molar refractivity (Wildman–Crippen MR) is 96.2 cm³/mol. The summed E-state index contributed by atoms with van der Waals surface area (Å²) in [7, 11) is -3.68. The van der Waals surface area contributed by atoms with Crippen molar-refractivity contribution in [3.63, 3.8) is 0 Å². The van der Waals surface area contributed by atoms with Gasteiger partial charge in [-0.1, -0.05) is 35.9 Å². The zero-order valence-electron chi connectivity index (χ0n) is 13.4. The van der Waals surface area contributed by atoms with Crippen molar-refractivity contribution < 1.29 is 17.9 Å². The molecule has 0 aliphatic rings. The first kappa shape index (κ1) is 19.2. The molecule has 0 aliphatic heterocycles. The number of hydrogen-bond donors (Lipinski definition) is 2. The molecule has 2 aromatic rings. The highest BCUT2D eigenvalue weighted by Gasteiger charge is 2.14. The van der Waals surface area contributed by atoms with E-state index < -0.39 is 10.0 Å². The van der Waals surface area contributed by atoms with Crippen LogP contribution in [-0.2, 0) is 14.8 Å². The van der Waals surface area contributed by atoms with Crippen LogP contribution in [0.15, 0.2) is 59.5 Å². The van der Waals surface area contributed by atoms with E-state index in [1.54, 1.807) is 12.1 Å². The van der Waals surface area contributed by atoms with Gasteiger partial charge in [-0.25, -0.2) is 13.1 Å². The number of halogens is 1. The molecule has 134 valence electrons. The molecule has 2 rings (SSSR count). The zero-order valence-corrected chi connectivity index (χ0v) is 15.0. The van der Waals surface area contributed by atoms with Crippen LogP contribution in [-0.4, -0.2) is 34.0 Å². The average Bonchev–Trinajstić information content (AvgIpc) is 2.59. The minimum absolute atomic E-state index is 0.000221. The number of carbonyl (C=O) groups excluding carboxylic acids is 1. The quantitative estimate of drug-likeness (QED) is 0.651. The highest BCUT2D eigenvalue weighted by Crippen LogP contribution is 2.15. The molecule has 0 heterocycles. The number of carbonyl (C=O) groups is 1. The van der Waals surface area contributed by atoms with Crippen LogP contribution < -0.4 is 14.8 Å². The number of rotatable bonds is 9. The van der Waals surface area contributed by atoms with Crippen molar-refractivity contribution in [2.75, 3.05) is 19.7 Å². The lowest BCUT2D eigenvalue weighted by Crippen LogP contribution is -2.32. The SMILES string of the molecule is O=C(CCNS(=O)(=O)c1cccc(Cl)c1)NCCOc1ccccc1. The van der Waals surface area contributed by atoms with Crippen LogP contribution in [0.2, 0.25) is 5.02 Å². The average molecular weight is 383 g/mol. The minimum Gasteiger partial charge on any atom is -0.492 e. The summed E-state index contributed by atoms with van der Waals surface area (Å²) in [5, 5.41) is 3.00. The van der Waals surface area contributed by atoms with Gasteiger partial charge in [0.1, 0.15) is 12.4 Å². The molecule has 0 bridgehead atoms. The molecule has 0 aliphatic carbocycles. The third-order valence-electron chi connectivity index (χ3n) is 3.19. The van der Waals surface area contributed by atoms with E-state index >= 15 is 0 Å². The summed E-state index contributed by atoms with van der Waals surface area (Å²) in [6.07, 6.45) is 0.0329. The van der Waals surface area contributed by atoms with E-state index in [1.807, 2.05) is 30.3 Å². The Morgan fingerprint density at radius 2 is 1.80 bits per heavy atom. The van der Waals surface area contributed by atoms with Gasteiger partial charge >= 0.3 is 0 Å². The van der Waals surface area contributed by atoms with Crippen LogP contribution in [0.25, 0.3) is 0 Å². The largest absolute Gasteiger partial charge is 0.492 e. The van der Waals surface area contributed by atoms with E-state index in [-0.39, 0.29) is 23.8 Å². The lowest BCUT2D eigenvalue weighted by atomic mass is 10.3. The first-order valence-corrected chi connectivity index (χ1v) is 9.53. The maximum Gasteiger partial charge on any atom is 0.240 e. The molecule has 6 nitrogen and oxygen atoms in total. The first-order chi connectivity index (χ1) is 12.0. The first-order valence-electron chi connectivity index (χ1n) is 7.67. The Kier molecular flexibility index (Phi) is 7.24. The molecule has 2 N–H and O–H groups in total. The molecule has 0 unspecified atom stereocenters. The second-order valence-corrected chi connectivity index (χ2v) is 7.32. The van der Waals surface area contributed by atoms with Gasteiger partial charge in [0, 0.05) is 18.0 Å². The zero-order chi connectivity index (χ0) is 18.1. The summed E-state index contributed by atoms with van der Waals surface area (Å²) in [6.45, 7) is 0.680. The molecule has 0 saturated carbocycles. The van der Waals surface area contributed by atoms with Crippen molar-refractivity contribution in [1.29, 1.82) is 0 Å². The fourth-order valence-electron chi connectivity index (χ4n) is 1.98. The van der Waals surface area contributed by atoms with Gasteiger partial charge in [-0.2, -0.15) is 0 Å². The fourth-order valence-corrected chi connectivity index (χ4v) is 3.31. The van der Waals surface area contributed by atoms with Crippen molar-refractivity contribution in [2.45, 2.75) is 11.3 Å². The van der Waals surface area contributed by atoms with E-state index in [4.69, 9.17) is 16.3 Å². The summed E-state index contributed by atoms with van der Waals surface area (Å²) in [4.78, 5) is 11.8. The Morgan fingerprint density at radius 1 is 1.04 bits per heavy atom. The molecule has 25 heavy (non-hydrogen) atoms. The smallest absolute Gasteiger partial charge is 0.240 e. The third-order valence-corrected chi connectivity index (χ3v) is 4.88. The number of ether oxygens (including phenoxy) is 1. The third kappa shape index (κ3) is 6.74. The van der Waals surface area contributed by atoms with Crippen LogP contribution in [0.1, 0.15) is 6.42 Å². The summed E-state index contributed by atoms with van der Waals surface area (Å²) in [6, 6.07) is 15.2. The molecular weight excluding hydrogens is 364 g/mol. The van der Waals surface area contributed by atoms with Gasteiger partial charge in [0.05, 0.1) is 11.4 Å². The summed E-state index contributed by atoms with van der Waals surface area (Å²) in [5.41, 5.74) is 0. The van der Waals surface area contributed by atoms with E-state index in [1.165, 1.54) is 12.1 Å². The maximum atomic E-state index is 12.1. The van der Waals surface area contributed by atoms with Crippen LogP contribution in [0.3, 0.4) is 0 Å². The highest BCUT2D eigenvalue weighted by molar-refractivity contribution is 7.89. The van der Waals surface area contributed by atoms with Gasteiger partial charge in [0.25, 0.3) is 0 Å². The standard InChI is InChI=1S/C17H19ClN2O4S/c18-14-5-4-8-16(13-14)25(22,23)20-10-9-17(21)19-11-12-24-15-6-2-1-3-7-15/h1-8,13,20H,9-12H2,(H,19,21). The summed E-state index contributed by atoms with van der Waals surface area (Å²) < 4.78 is 31.9. The van der Waals surface area contributed by atoms with E-state index in [0.717, 1.165) is 5.75 Å². The van der Waals surface area contributed by atoms with Crippen molar-refractivity contribution in [1.82, 2.24) is 10.0 Å². The van der Waals surface area contributed by atoms with E-state index in [2.05, 4.69) is 10.0 Å². The lowest BCUT2D eigenvalue weighted by Gasteiger charge is -2.09. The van der Waals surface area contributed by atoms with Gasteiger partial charge in [-0.15, -0.1) is 0 Å². The van der Waals surface area contributed by atoms with Crippen LogP contribution in [0, 0.1) is 0 Å².